The summed E-state index contributed by atoms with van der Waals surface area (Å²) in [5.41, 5.74) is 1.13. The summed E-state index contributed by atoms with van der Waals surface area (Å²) in [6.07, 6.45) is 0. The maximum atomic E-state index is 13.1. The molecule has 0 aliphatic carbocycles. The first kappa shape index (κ1) is 22.5. The number of halogens is 1. The number of hydrogen-bond acceptors (Lipinski definition) is 4. The van der Waals surface area contributed by atoms with E-state index in [1.54, 1.807) is 20.8 Å². The summed E-state index contributed by atoms with van der Waals surface area (Å²) in [4.78, 5) is 24.4. The maximum Gasteiger partial charge on any atom is 0.251 e. The quantitative estimate of drug-likeness (QED) is 0.685. The van der Waals surface area contributed by atoms with Crippen molar-refractivity contribution >= 4 is 27.5 Å². The fourth-order valence-electron chi connectivity index (χ4n) is 2.73. The predicted molar refractivity (Wildman–Crippen MR) is 109 cm³/mol. The molecule has 9 heteroatoms. The molecule has 7 nitrogen and oxygen atoms in total. The van der Waals surface area contributed by atoms with Crippen LogP contribution in [-0.4, -0.2) is 44.2 Å². The molecule has 2 N–H and O–H groups in total. The van der Waals surface area contributed by atoms with Crippen LogP contribution in [0.4, 0.5) is 10.1 Å². The molecule has 0 fully saturated rings. The minimum absolute atomic E-state index is 0.0141. The number of nitrogens with one attached hydrogen (secondary N) is 2. The minimum Gasteiger partial charge on any atom is -0.343 e. The van der Waals surface area contributed by atoms with Crippen molar-refractivity contribution in [1.29, 1.82) is 0 Å². The zero-order chi connectivity index (χ0) is 21.6. The fourth-order valence-corrected chi connectivity index (χ4v) is 4.24. The van der Waals surface area contributed by atoms with E-state index in [2.05, 4.69) is 10.6 Å². The Balaban J connectivity index is 2.05. The minimum atomic E-state index is -3.69. The first-order valence-corrected chi connectivity index (χ1v) is 10.6. The average Bonchev–Trinajstić information content (AvgIpc) is 2.69. The highest BCUT2D eigenvalue weighted by atomic mass is 32.2. The second-order valence-electron chi connectivity index (χ2n) is 6.31. The van der Waals surface area contributed by atoms with Crippen LogP contribution >= 0.6 is 0 Å². The molecule has 0 saturated heterocycles. The van der Waals surface area contributed by atoms with Crippen LogP contribution in [0.25, 0.3) is 0 Å². The van der Waals surface area contributed by atoms with E-state index >= 15 is 0 Å². The van der Waals surface area contributed by atoms with Gasteiger partial charge in [0.05, 0.1) is 11.4 Å². The van der Waals surface area contributed by atoms with Crippen LogP contribution in [0, 0.1) is 12.7 Å². The van der Waals surface area contributed by atoms with Gasteiger partial charge in [0, 0.05) is 24.3 Å². The molecule has 0 atom stereocenters. The lowest BCUT2D eigenvalue weighted by Gasteiger charge is -2.18. The van der Waals surface area contributed by atoms with Gasteiger partial charge in [-0.15, -0.1) is 0 Å². The van der Waals surface area contributed by atoms with E-state index in [1.807, 2.05) is 0 Å². The third kappa shape index (κ3) is 5.61. The predicted octanol–water partition coefficient (Wildman–Crippen LogP) is 2.53. The van der Waals surface area contributed by atoms with Crippen molar-refractivity contribution in [1.82, 2.24) is 9.62 Å². The number of anilines is 1. The molecule has 0 aliphatic rings. The first-order valence-electron chi connectivity index (χ1n) is 9.13. The first-order chi connectivity index (χ1) is 13.7. The monoisotopic (exact) mass is 421 g/mol. The lowest BCUT2D eigenvalue weighted by Crippen LogP contribution is -2.33. The number of sulfonamides is 1. The normalized spacial score (nSPS) is 11.3. The van der Waals surface area contributed by atoms with E-state index in [-0.39, 0.29) is 17.0 Å². The second-order valence-corrected chi connectivity index (χ2v) is 8.25. The van der Waals surface area contributed by atoms with Gasteiger partial charge in [-0.25, -0.2) is 12.8 Å². The highest BCUT2D eigenvalue weighted by molar-refractivity contribution is 7.89. The Morgan fingerprint density at radius 3 is 2.38 bits per heavy atom. The molecule has 0 radical (unpaired) electrons. The summed E-state index contributed by atoms with van der Waals surface area (Å²) in [5, 5.41) is 5.04. The Morgan fingerprint density at radius 2 is 1.76 bits per heavy atom. The molecule has 156 valence electrons. The van der Waals surface area contributed by atoms with Gasteiger partial charge in [0.1, 0.15) is 5.82 Å². The lowest BCUT2D eigenvalue weighted by molar-refractivity contribution is -0.115. The Kier molecular flexibility index (Phi) is 7.46. The zero-order valence-electron chi connectivity index (χ0n) is 16.5. The highest BCUT2D eigenvalue weighted by Gasteiger charge is 2.22. The Labute approximate surface area is 170 Å². The van der Waals surface area contributed by atoms with Crippen LogP contribution in [0.3, 0.4) is 0 Å². The largest absolute Gasteiger partial charge is 0.343 e. The molecular weight excluding hydrogens is 397 g/mol. The molecule has 0 bridgehead atoms. The fraction of sp³-hybridized carbons (Fsp3) is 0.300. The van der Waals surface area contributed by atoms with Gasteiger partial charge in [-0.2, -0.15) is 4.31 Å². The summed E-state index contributed by atoms with van der Waals surface area (Å²) in [6, 6.07) is 9.61. The topological polar surface area (TPSA) is 95.6 Å². The number of nitrogens with zero attached hydrogens (tertiary/aromatic N) is 1. The van der Waals surface area contributed by atoms with E-state index in [0.717, 1.165) is 0 Å². The van der Waals surface area contributed by atoms with Gasteiger partial charge in [0.25, 0.3) is 5.91 Å². The van der Waals surface area contributed by atoms with Gasteiger partial charge >= 0.3 is 0 Å². The van der Waals surface area contributed by atoms with Gasteiger partial charge in [-0.3, -0.25) is 9.59 Å². The van der Waals surface area contributed by atoms with Gasteiger partial charge < -0.3 is 10.6 Å². The van der Waals surface area contributed by atoms with Gasteiger partial charge in [0.15, 0.2) is 0 Å². The number of hydrogen-bond donors (Lipinski definition) is 2. The van der Waals surface area contributed by atoms with Crippen LogP contribution < -0.4 is 10.6 Å². The molecule has 0 spiro atoms. The van der Waals surface area contributed by atoms with E-state index < -0.39 is 27.7 Å². The smallest absolute Gasteiger partial charge is 0.251 e. The van der Waals surface area contributed by atoms with Crippen LogP contribution in [0.2, 0.25) is 0 Å². The van der Waals surface area contributed by atoms with E-state index in [9.17, 15) is 22.4 Å². The molecular formula is C20H24FN3O4S. The standard InChI is InChI=1S/C20H24FN3O4S/c1-4-24(5-2)29(27,28)17-8-6-7-15(12-17)20(26)22-13-19(25)23-18-10-9-16(21)11-14(18)3/h6-12H,4-5,13H2,1-3H3,(H,22,26)(H,23,25). The Bertz CT molecular complexity index is 1000. The molecule has 0 aliphatic heterocycles. The van der Waals surface area contributed by atoms with Crippen molar-refractivity contribution in [3.8, 4) is 0 Å². The second kappa shape index (κ2) is 9.62. The van der Waals surface area contributed by atoms with Crippen LogP contribution in [0.15, 0.2) is 47.4 Å². The van der Waals surface area contributed by atoms with Gasteiger partial charge in [-0.1, -0.05) is 19.9 Å². The van der Waals surface area contributed by atoms with E-state index in [4.69, 9.17) is 0 Å². The van der Waals surface area contributed by atoms with Crippen molar-refractivity contribution in [2.75, 3.05) is 25.0 Å². The molecule has 2 amide bonds. The number of aryl methyl sites for hydroxylation is 1. The summed E-state index contributed by atoms with van der Waals surface area (Å²) in [7, 11) is -3.69. The van der Waals surface area contributed by atoms with Crippen LogP contribution in [-0.2, 0) is 14.8 Å². The Hall–Kier alpha value is -2.78. The number of amides is 2. The third-order valence-electron chi connectivity index (χ3n) is 4.31. The summed E-state index contributed by atoms with van der Waals surface area (Å²) in [5.74, 6) is -1.47. The molecule has 2 rings (SSSR count). The van der Waals surface area contributed by atoms with Gasteiger partial charge in [0.2, 0.25) is 15.9 Å². The van der Waals surface area contributed by atoms with Crippen molar-refractivity contribution in [3.63, 3.8) is 0 Å². The molecule has 2 aromatic carbocycles. The third-order valence-corrected chi connectivity index (χ3v) is 6.36. The van der Waals surface area contributed by atoms with Crippen molar-refractivity contribution in [2.45, 2.75) is 25.7 Å². The average molecular weight is 421 g/mol. The van der Waals surface area contributed by atoms with Crippen LogP contribution in [0.5, 0.6) is 0 Å². The van der Waals surface area contributed by atoms with Gasteiger partial charge in [-0.05, 0) is 48.9 Å². The molecule has 0 saturated carbocycles. The molecule has 0 unspecified atom stereocenters. The number of carbonyl (C=O) groups is 2. The Morgan fingerprint density at radius 1 is 1.07 bits per heavy atom. The number of carbonyl (C=O) groups excluding carboxylic acids is 2. The summed E-state index contributed by atoms with van der Waals surface area (Å²) >= 11 is 0. The maximum absolute atomic E-state index is 13.1. The molecule has 0 aromatic heterocycles. The summed E-state index contributed by atoms with van der Waals surface area (Å²) < 4.78 is 39.6. The number of rotatable bonds is 8. The van der Waals surface area contributed by atoms with Crippen molar-refractivity contribution in [2.24, 2.45) is 0 Å². The van der Waals surface area contributed by atoms with E-state index in [0.29, 0.717) is 24.3 Å². The van der Waals surface area contributed by atoms with E-state index in [1.165, 1.54) is 46.8 Å². The van der Waals surface area contributed by atoms with Crippen molar-refractivity contribution in [3.05, 3.63) is 59.4 Å². The molecule has 0 heterocycles. The SMILES string of the molecule is CCN(CC)S(=O)(=O)c1cccc(C(=O)NCC(=O)Nc2ccc(F)cc2C)c1. The lowest BCUT2D eigenvalue weighted by atomic mass is 10.2. The summed E-state index contributed by atoms with van der Waals surface area (Å²) in [6.45, 7) is 5.44. The van der Waals surface area contributed by atoms with Crippen molar-refractivity contribution < 1.29 is 22.4 Å². The van der Waals surface area contributed by atoms with Crippen LogP contribution in [0.1, 0.15) is 29.8 Å². The molecule has 29 heavy (non-hydrogen) atoms. The zero-order valence-corrected chi connectivity index (χ0v) is 17.3. The highest BCUT2D eigenvalue weighted by Crippen LogP contribution is 2.17. The number of benzene rings is 2. The molecule has 2 aromatic rings.